The summed E-state index contributed by atoms with van der Waals surface area (Å²) >= 11 is 1.20. The fourth-order valence-corrected chi connectivity index (χ4v) is 4.87. The average molecular weight is 492 g/mol. The van der Waals surface area contributed by atoms with Crippen molar-refractivity contribution in [2.75, 3.05) is 19.2 Å². The van der Waals surface area contributed by atoms with Crippen LogP contribution in [0, 0.1) is 13.8 Å². The molecule has 0 spiro atoms. The van der Waals surface area contributed by atoms with E-state index < -0.39 is 6.10 Å². The number of benzene rings is 2. The molecule has 6 rings (SSSR count). The highest BCUT2D eigenvalue weighted by atomic mass is 32.2. The van der Waals surface area contributed by atoms with Gasteiger partial charge in [-0.05, 0) is 44.2 Å². The number of hydrogen-bond acceptors (Lipinski definition) is 9. The minimum absolute atomic E-state index is 0.0268. The van der Waals surface area contributed by atoms with E-state index in [1.165, 1.54) is 11.8 Å². The number of ether oxygens (including phenoxy) is 4. The number of para-hydroxylation sites is 2. The van der Waals surface area contributed by atoms with E-state index in [1.54, 1.807) is 0 Å². The van der Waals surface area contributed by atoms with Gasteiger partial charge in [-0.1, -0.05) is 23.9 Å². The largest absolute Gasteiger partial charge is 0.485 e. The molecule has 2 aliphatic heterocycles. The Labute approximate surface area is 205 Å². The molecule has 9 nitrogen and oxygen atoms in total. The highest BCUT2D eigenvalue weighted by Crippen LogP contribution is 2.37. The van der Waals surface area contributed by atoms with Crippen LogP contribution >= 0.6 is 11.8 Å². The number of thioether (sulfide) groups is 1. The van der Waals surface area contributed by atoms with Gasteiger partial charge in [-0.15, -0.1) is 10.2 Å². The number of carbonyl (C=O) groups excluding carboxylic acids is 1. The number of carbonyl (C=O) groups is 1. The predicted octanol–water partition coefficient (Wildman–Crippen LogP) is 4.69. The van der Waals surface area contributed by atoms with E-state index in [-0.39, 0.29) is 24.9 Å². The van der Waals surface area contributed by atoms with Crippen LogP contribution in [0.2, 0.25) is 0 Å². The molecule has 0 N–H and O–H groups in total. The fourth-order valence-electron chi connectivity index (χ4n) is 4.22. The number of aromatic nitrogens is 3. The number of nitrogens with zero attached hydrogens (tertiary/aromatic N) is 3. The molecule has 0 unspecified atom stereocenters. The Morgan fingerprint density at radius 1 is 1.00 bits per heavy atom. The SMILES string of the molecule is Cc1cc(C(=O)CSc2nnc([C@@H]3COc4ccccc4O3)o2)c(C)n1-c1ccc2c(c1)OCO2. The monoisotopic (exact) mass is 491 g/mol. The first kappa shape index (κ1) is 21.6. The summed E-state index contributed by atoms with van der Waals surface area (Å²) in [6.07, 6.45) is -0.497. The molecule has 10 heteroatoms. The smallest absolute Gasteiger partial charge is 0.277 e. The van der Waals surface area contributed by atoms with Crippen LogP contribution < -0.4 is 18.9 Å². The second-order valence-corrected chi connectivity index (χ2v) is 9.07. The fraction of sp³-hybridized carbons (Fsp3) is 0.240. The third-order valence-corrected chi connectivity index (χ3v) is 6.70. The first-order valence-corrected chi connectivity index (χ1v) is 12.0. The molecule has 178 valence electrons. The van der Waals surface area contributed by atoms with Crippen molar-refractivity contribution in [2.24, 2.45) is 0 Å². The van der Waals surface area contributed by atoms with Crippen LogP contribution in [-0.2, 0) is 0 Å². The number of hydrogen-bond donors (Lipinski definition) is 0. The van der Waals surface area contributed by atoms with Gasteiger partial charge in [0.1, 0.15) is 6.61 Å². The van der Waals surface area contributed by atoms with Crippen molar-refractivity contribution >= 4 is 17.5 Å². The summed E-state index contributed by atoms with van der Waals surface area (Å²) in [4.78, 5) is 13.1. The van der Waals surface area contributed by atoms with Gasteiger partial charge in [-0.25, -0.2) is 0 Å². The number of fused-ring (bicyclic) bond motifs is 2. The Bertz CT molecular complexity index is 1430. The molecule has 4 aromatic rings. The third kappa shape index (κ3) is 3.99. The van der Waals surface area contributed by atoms with E-state index in [0.29, 0.717) is 33.9 Å². The van der Waals surface area contributed by atoms with Crippen molar-refractivity contribution in [3.05, 3.63) is 71.4 Å². The van der Waals surface area contributed by atoms with Crippen molar-refractivity contribution in [1.29, 1.82) is 0 Å². The summed E-state index contributed by atoms with van der Waals surface area (Å²) < 4.78 is 30.3. The van der Waals surface area contributed by atoms with Crippen LogP contribution in [0.5, 0.6) is 23.0 Å². The van der Waals surface area contributed by atoms with Crippen LogP contribution in [0.4, 0.5) is 0 Å². The molecule has 0 aliphatic carbocycles. The molecule has 2 aromatic carbocycles. The Balaban J connectivity index is 1.14. The second kappa shape index (κ2) is 8.70. The minimum atomic E-state index is -0.497. The topological polar surface area (TPSA) is 97.8 Å². The van der Waals surface area contributed by atoms with Crippen molar-refractivity contribution in [3.63, 3.8) is 0 Å². The van der Waals surface area contributed by atoms with Crippen molar-refractivity contribution in [3.8, 4) is 28.7 Å². The third-order valence-electron chi connectivity index (χ3n) is 5.88. The van der Waals surface area contributed by atoms with Crippen molar-refractivity contribution in [1.82, 2.24) is 14.8 Å². The lowest BCUT2D eigenvalue weighted by atomic mass is 10.2. The van der Waals surface area contributed by atoms with Gasteiger partial charge in [0.25, 0.3) is 11.1 Å². The van der Waals surface area contributed by atoms with Gasteiger partial charge >= 0.3 is 0 Å². The average Bonchev–Trinajstić information content (AvgIpc) is 3.61. The molecule has 0 saturated heterocycles. The summed E-state index contributed by atoms with van der Waals surface area (Å²) in [7, 11) is 0. The van der Waals surface area contributed by atoms with Crippen LogP contribution in [0.25, 0.3) is 5.69 Å². The standard InChI is InChI=1S/C25H21N3O6S/c1-14-9-17(15(2)28(14)16-7-8-20-22(10-16)32-13-31-20)18(29)12-35-25-27-26-24(34-25)23-11-30-19-5-3-4-6-21(19)33-23/h3-10,23H,11-13H2,1-2H3/t23-/m0/s1. The molecular weight excluding hydrogens is 470 g/mol. The Morgan fingerprint density at radius 3 is 2.69 bits per heavy atom. The van der Waals surface area contributed by atoms with E-state index in [4.69, 9.17) is 23.4 Å². The van der Waals surface area contributed by atoms with Gasteiger partial charge in [0.05, 0.1) is 5.75 Å². The lowest BCUT2D eigenvalue weighted by Crippen LogP contribution is -2.21. The van der Waals surface area contributed by atoms with Crippen LogP contribution in [-0.4, -0.2) is 39.7 Å². The summed E-state index contributed by atoms with van der Waals surface area (Å²) in [6, 6.07) is 15.1. The molecule has 0 amide bonds. The maximum atomic E-state index is 13.1. The normalized spacial score (nSPS) is 15.9. The number of aryl methyl sites for hydroxylation is 1. The molecule has 1 atom stereocenters. The zero-order valence-corrected chi connectivity index (χ0v) is 19.8. The number of rotatable bonds is 6. The van der Waals surface area contributed by atoms with E-state index in [9.17, 15) is 4.79 Å². The van der Waals surface area contributed by atoms with Gasteiger partial charge in [0.2, 0.25) is 12.9 Å². The summed E-state index contributed by atoms with van der Waals surface area (Å²) in [5, 5.41) is 8.46. The van der Waals surface area contributed by atoms with Gasteiger partial charge in [-0.2, -0.15) is 0 Å². The highest BCUT2D eigenvalue weighted by Gasteiger charge is 2.28. The molecular formula is C25H21N3O6S. The summed E-state index contributed by atoms with van der Waals surface area (Å²) in [5.41, 5.74) is 3.36. The second-order valence-electron chi connectivity index (χ2n) is 8.14. The minimum Gasteiger partial charge on any atom is -0.485 e. The van der Waals surface area contributed by atoms with Gasteiger partial charge in [-0.3, -0.25) is 4.79 Å². The van der Waals surface area contributed by atoms with Gasteiger partial charge in [0.15, 0.2) is 28.8 Å². The number of ketones is 1. The summed E-state index contributed by atoms with van der Waals surface area (Å²) in [6.45, 7) is 4.39. The van der Waals surface area contributed by atoms with Gasteiger partial charge in [0, 0.05) is 28.7 Å². The first-order valence-electron chi connectivity index (χ1n) is 11.0. The van der Waals surface area contributed by atoms with E-state index in [0.717, 1.165) is 22.8 Å². The maximum Gasteiger partial charge on any atom is 0.277 e. The van der Waals surface area contributed by atoms with Gasteiger partial charge < -0.3 is 27.9 Å². The molecule has 2 aliphatic rings. The first-order chi connectivity index (χ1) is 17.1. The van der Waals surface area contributed by atoms with Crippen molar-refractivity contribution < 1.29 is 28.2 Å². The zero-order chi connectivity index (χ0) is 23.9. The maximum absolute atomic E-state index is 13.1. The lowest BCUT2D eigenvalue weighted by molar-refractivity contribution is 0.0686. The number of Topliss-reactive ketones (excluding diaryl/α,β-unsaturated/α-hetero) is 1. The Kier molecular flexibility index (Phi) is 5.37. The molecule has 0 fully saturated rings. The molecule has 0 saturated carbocycles. The van der Waals surface area contributed by atoms with Crippen molar-refractivity contribution in [2.45, 2.75) is 25.2 Å². The Morgan fingerprint density at radius 2 is 1.80 bits per heavy atom. The quantitative estimate of drug-likeness (QED) is 0.281. The Hall–Kier alpha value is -3.92. The van der Waals surface area contributed by atoms with Crippen LogP contribution in [0.15, 0.2) is 58.2 Å². The molecule has 0 bridgehead atoms. The molecule has 35 heavy (non-hydrogen) atoms. The molecule has 0 radical (unpaired) electrons. The summed E-state index contributed by atoms with van der Waals surface area (Å²) in [5.74, 6) is 3.18. The zero-order valence-electron chi connectivity index (χ0n) is 19.0. The molecule has 2 aromatic heterocycles. The van der Waals surface area contributed by atoms with E-state index >= 15 is 0 Å². The van der Waals surface area contributed by atoms with Crippen LogP contribution in [0.1, 0.15) is 33.7 Å². The van der Waals surface area contributed by atoms with E-state index in [1.807, 2.05) is 66.9 Å². The van der Waals surface area contributed by atoms with Crippen LogP contribution in [0.3, 0.4) is 0 Å². The molecule has 4 heterocycles. The van der Waals surface area contributed by atoms with E-state index in [2.05, 4.69) is 10.2 Å². The predicted molar refractivity (Wildman–Crippen MR) is 126 cm³/mol. The lowest BCUT2D eigenvalue weighted by Gasteiger charge is -2.23. The highest BCUT2D eigenvalue weighted by molar-refractivity contribution is 7.99.